The molecular weight excluding hydrogens is 533 g/mol. The van der Waals surface area contributed by atoms with E-state index >= 15 is 0 Å². The number of carbonyl (C=O) groups is 2. The standard InChI is InChI=1S/C24H39N5O3.HI/c1-6-28(23(31)32-24(2,3)4)18-19-12-16-29(17-13-19)22(25-5)27-15-14-26-21(30)20-10-8-7-9-11-20;/h7-11,19H,6,12-18H2,1-5H3,(H,25,27)(H,26,30);1H. The summed E-state index contributed by atoms with van der Waals surface area (Å²) in [6.07, 6.45) is 1.74. The van der Waals surface area contributed by atoms with Gasteiger partial charge in [-0.1, -0.05) is 18.2 Å². The van der Waals surface area contributed by atoms with Crippen LogP contribution in [-0.2, 0) is 4.74 Å². The molecule has 2 amide bonds. The number of halogens is 1. The van der Waals surface area contributed by atoms with Crippen molar-refractivity contribution in [1.82, 2.24) is 20.4 Å². The van der Waals surface area contributed by atoms with Crippen LogP contribution in [0.3, 0.4) is 0 Å². The van der Waals surface area contributed by atoms with E-state index in [2.05, 4.69) is 20.5 Å². The first-order valence-corrected chi connectivity index (χ1v) is 11.5. The second-order valence-corrected chi connectivity index (χ2v) is 9.05. The van der Waals surface area contributed by atoms with Crippen LogP contribution < -0.4 is 10.6 Å². The summed E-state index contributed by atoms with van der Waals surface area (Å²) in [4.78, 5) is 32.9. The topological polar surface area (TPSA) is 86.3 Å². The number of nitrogens with zero attached hydrogens (tertiary/aromatic N) is 3. The molecule has 2 rings (SSSR count). The van der Waals surface area contributed by atoms with E-state index < -0.39 is 5.60 Å². The number of ether oxygens (including phenoxy) is 1. The molecule has 0 aliphatic carbocycles. The second kappa shape index (κ2) is 14.3. The van der Waals surface area contributed by atoms with Crippen LogP contribution >= 0.6 is 24.0 Å². The molecule has 1 aromatic carbocycles. The first-order valence-electron chi connectivity index (χ1n) is 11.5. The van der Waals surface area contributed by atoms with Crippen molar-refractivity contribution in [2.24, 2.45) is 10.9 Å². The Labute approximate surface area is 215 Å². The van der Waals surface area contributed by atoms with Crippen LogP contribution in [0, 0.1) is 5.92 Å². The molecule has 0 bridgehead atoms. The zero-order valence-electron chi connectivity index (χ0n) is 20.6. The Morgan fingerprint density at radius 2 is 1.73 bits per heavy atom. The van der Waals surface area contributed by atoms with Crippen LogP contribution in [0.1, 0.15) is 50.9 Å². The molecule has 186 valence electrons. The molecular formula is C24H40IN5O3. The van der Waals surface area contributed by atoms with Crippen molar-refractivity contribution in [2.45, 2.75) is 46.1 Å². The summed E-state index contributed by atoms with van der Waals surface area (Å²) in [5.74, 6) is 1.22. The van der Waals surface area contributed by atoms with Crippen LogP contribution in [0.4, 0.5) is 4.79 Å². The largest absolute Gasteiger partial charge is 0.444 e. The van der Waals surface area contributed by atoms with E-state index in [1.54, 1.807) is 24.1 Å². The van der Waals surface area contributed by atoms with Crippen molar-refractivity contribution in [2.75, 3.05) is 46.3 Å². The number of hydrogen-bond donors (Lipinski definition) is 2. The lowest BCUT2D eigenvalue weighted by molar-refractivity contribution is 0.0214. The number of nitrogens with one attached hydrogen (secondary N) is 2. The molecule has 8 nitrogen and oxygen atoms in total. The fraction of sp³-hybridized carbons (Fsp3) is 0.625. The predicted octanol–water partition coefficient (Wildman–Crippen LogP) is 3.58. The smallest absolute Gasteiger partial charge is 0.410 e. The highest BCUT2D eigenvalue weighted by Crippen LogP contribution is 2.20. The van der Waals surface area contributed by atoms with E-state index in [4.69, 9.17) is 4.74 Å². The summed E-state index contributed by atoms with van der Waals surface area (Å²) in [6.45, 7) is 11.9. The molecule has 1 aromatic rings. The van der Waals surface area contributed by atoms with Gasteiger partial charge in [-0.05, 0) is 58.6 Å². The van der Waals surface area contributed by atoms with Crippen LogP contribution in [-0.4, -0.2) is 79.7 Å². The van der Waals surface area contributed by atoms with Gasteiger partial charge in [-0.2, -0.15) is 0 Å². The highest BCUT2D eigenvalue weighted by atomic mass is 127. The summed E-state index contributed by atoms with van der Waals surface area (Å²) in [5.41, 5.74) is 0.179. The van der Waals surface area contributed by atoms with Gasteiger partial charge in [0.05, 0.1) is 0 Å². The Hall–Kier alpha value is -2.04. The minimum absolute atomic E-state index is 0. The number of benzene rings is 1. The molecule has 0 atom stereocenters. The number of hydrogen-bond acceptors (Lipinski definition) is 4. The molecule has 1 aliphatic heterocycles. The fourth-order valence-electron chi connectivity index (χ4n) is 3.67. The zero-order chi connectivity index (χ0) is 23.6. The lowest BCUT2D eigenvalue weighted by Gasteiger charge is -2.36. The van der Waals surface area contributed by atoms with Gasteiger partial charge < -0.3 is 25.2 Å². The maximum Gasteiger partial charge on any atom is 0.410 e. The van der Waals surface area contributed by atoms with Crippen LogP contribution in [0.2, 0.25) is 0 Å². The van der Waals surface area contributed by atoms with Crippen molar-refractivity contribution in [3.8, 4) is 0 Å². The van der Waals surface area contributed by atoms with Gasteiger partial charge in [0.1, 0.15) is 5.60 Å². The second-order valence-electron chi connectivity index (χ2n) is 9.05. The zero-order valence-corrected chi connectivity index (χ0v) is 22.9. The fourth-order valence-corrected chi connectivity index (χ4v) is 3.67. The number of guanidine groups is 1. The van der Waals surface area contributed by atoms with Gasteiger partial charge >= 0.3 is 6.09 Å². The number of amides is 2. The first-order chi connectivity index (χ1) is 15.2. The number of rotatable bonds is 7. The third kappa shape index (κ3) is 10.2. The van der Waals surface area contributed by atoms with Crippen LogP contribution in [0.5, 0.6) is 0 Å². The van der Waals surface area contributed by atoms with Gasteiger partial charge in [-0.3, -0.25) is 9.79 Å². The number of carbonyl (C=O) groups excluding carboxylic acids is 2. The molecule has 33 heavy (non-hydrogen) atoms. The number of piperidine rings is 1. The molecule has 0 aromatic heterocycles. The first kappa shape index (κ1) is 29.0. The Balaban J connectivity index is 0.00000544. The van der Waals surface area contributed by atoms with E-state index in [1.165, 1.54) is 0 Å². The Kier molecular flexibility index (Phi) is 12.5. The summed E-state index contributed by atoms with van der Waals surface area (Å²) < 4.78 is 5.53. The highest BCUT2D eigenvalue weighted by Gasteiger charge is 2.27. The minimum Gasteiger partial charge on any atom is -0.444 e. The summed E-state index contributed by atoms with van der Waals surface area (Å²) in [5, 5.41) is 6.25. The molecule has 1 heterocycles. The van der Waals surface area contributed by atoms with Crippen LogP contribution in [0.25, 0.3) is 0 Å². The minimum atomic E-state index is -0.480. The Morgan fingerprint density at radius 1 is 1.12 bits per heavy atom. The SMILES string of the molecule is CCN(CC1CCN(C(=NC)NCCNC(=O)c2ccccc2)CC1)C(=O)OC(C)(C)C.I. The van der Waals surface area contributed by atoms with Crippen molar-refractivity contribution in [3.05, 3.63) is 35.9 Å². The number of likely N-dealkylation sites (tertiary alicyclic amines) is 1. The monoisotopic (exact) mass is 573 g/mol. The quantitative estimate of drug-likeness (QED) is 0.226. The molecule has 1 fully saturated rings. The highest BCUT2D eigenvalue weighted by molar-refractivity contribution is 14.0. The molecule has 0 spiro atoms. The lowest BCUT2D eigenvalue weighted by Crippen LogP contribution is -2.49. The van der Waals surface area contributed by atoms with E-state index in [1.807, 2.05) is 45.9 Å². The van der Waals surface area contributed by atoms with Crippen LogP contribution in [0.15, 0.2) is 35.3 Å². The van der Waals surface area contributed by atoms with Crippen molar-refractivity contribution in [1.29, 1.82) is 0 Å². The van der Waals surface area contributed by atoms with Gasteiger partial charge in [0.25, 0.3) is 5.91 Å². The van der Waals surface area contributed by atoms with Crippen molar-refractivity contribution in [3.63, 3.8) is 0 Å². The van der Waals surface area contributed by atoms with E-state index in [-0.39, 0.29) is 36.0 Å². The number of aliphatic imine (C=N–C) groups is 1. The van der Waals surface area contributed by atoms with Gasteiger partial charge in [-0.15, -0.1) is 24.0 Å². The Bertz CT molecular complexity index is 759. The molecule has 9 heteroatoms. The third-order valence-corrected chi connectivity index (χ3v) is 5.37. The van der Waals surface area contributed by atoms with E-state index in [0.717, 1.165) is 38.4 Å². The summed E-state index contributed by atoms with van der Waals surface area (Å²) >= 11 is 0. The summed E-state index contributed by atoms with van der Waals surface area (Å²) in [6, 6.07) is 9.20. The normalized spacial score (nSPS) is 14.8. The molecule has 0 unspecified atom stereocenters. The molecule has 0 saturated carbocycles. The average molecular weight is 574 g/mol. The third-order valence-electron chi connectivity index (χ3n) is 5.37. The van der Waals surface area contributed by atoms with Gasteiger partial charge in [0.2, 0.25) is 0 Å². The molecule has 0 radical (unpaired) electrons. The Morgan fingerprint density at radius 3 is 2.27 bits per heavy atom. The average Bonchev–Trinajstić information content (AvgIpc) is 2.77. The maximum atomic E-state index is 12.4. The summed E-state index contributed by atoms with van der Waals surface area (Å²) in [7, 11) is 1.78. The maximum absolute atomic E-state index is 12.4. The van der Waals surface area contributed by atoms with Gasteiger partial charge in [0, 0.05) is 51.9 Å². The van der Waals surface area contributed by atoms with E-state index in [9.17, 15) is 9.59 Å². The molecule has 2 N–H and O–H groups in total. The van der Waals surface area contributed by atoms with Crippen molar-refractivity contribution < 1.29 is 14.3 Å². The van der Waals surface area contributed by atoms with Gasteiger partial charge in [0.15, 0.2) is 5.96 Å². The van der Waals surface area contributed by atoms with E-state index in [0.29, 0.717) is 31.1 Å². The van der Waals surface area contributed by atoms with Crippen molar-refractivity contribution >= 4 is 41.9 Å². The lowest BCUT2D eigenvalue weighted by atomic mass is 9.96. The molecule has 1 aliphatic rings. The predicted molar refractivity (Wildman–Crippen MR) is 143 cm³/mol. The van der Waals surface area contributed by atoms with Gasteiger partial charge in [-0.25, -0.2) is 4.79 Å². The molecule has 1 saturated heterocycles.